The highest BCUT2D eigenvalue weighted by atomic mass is 32.1. The Kier molecular flexibility index (Phi) is 3.75. The molecule has 0 spiro atoms. The van der Waals surface area contributed by atoms with Gasteiger partial charge in [-0.1, -0.05) is 12.1 Å². The lowest BCUT2D eigenvalue weighted by Gasteiger charge is -2.03. The number of hydrogen-bond acceptors (Lipinski definition) is 4. The van der Waals surface area contributed by atoms with Crippen LogP contribution in [-0.4, -0.2) is 5.97 Å². The Hall–Kier alpha value is -2.12. The molecule has 0 radical (unpaired) electrons. The Balaban J connectivity index is 1.99. The van der Waals surface area contributed by atoms with Crippen LogP contribution >= 0.6 is 11.3 Å². The van der Waals surface area contributed by atoms with E-state index in [0.717, 1.165) is 10.4 Å². The summed E-state index contributed by atoms with van der Waals surface area (Å²) in [4.78, 5) is 13.4. The van der Waals surface area contributed by atoms with Crippen molar-refractivity contribution in [3.05, 3.63) is 57.3 Å². The Morgan fingerprint density at radius 2 is 2.22 bits per heavy atom. The normalized spacial score (nSPS) is 9.78. The van der Waals surface area contributed by atoms with Crippen molar-refractivity contribution in [2.75, 3.05) is 0 Å². The number of ether oxygens (including phenoxy) is 1. The molecule has 1 aromatic carbocycles. The number of esters is 1. The van der Waals surface area contributed by atoms with E-state index < -0.39 is 0 Å². The molecular formula is C14H11NO2S. The summed E-state index contributed by atoms with van der Waals surface area (Å²) in [5, 5.41) is 8.76. The van der Waals surface area contributed by atoms with Crippen LogP contribution in [-0.2, 0) is 11.3 Å². The van der Waals surface area contributed by atoms with E-state index in [1.165, 1.54) is 11.3 Å². The fourth-order valence-corrected chi connectivity index (χ4v) is 2.26. The van der Waals surface area contributed by atoms with Gasteiger partial charge in [-0.3, -0.25) is 0 Å². The molecule has 0 aliphatic rings. The number of nitrogens with zero attached hydrogens (tertiary/aromatic N) is 1. The molecule has 0 amide bonds. The first-order valence-corrected chi connectivity index (χ1v) is 6.23. The number of hydrogen-bond donors (Lipinski definition) is 0. The van der Waals surface area contributed by atoms with Crippen LogP contribution in [0, 0.1) is 18.3 Å². The molecule has 2 aromatic rings. The fraction of sp³-hybridized carbons (Fsp3) is 0.143. The highest BCUT2D eigenvalue weighted by molar-refractivity contribution is 7.13. The van der Waals surface area contributed by atoms with Gasteiger partial charge in [-0.25, -0.2) is 4.79 Å². The maximum atomic E-state index is 11.7. The zero-order valence-corrected chi connectivity index (χ0v) is 10.7. The molecule has 0 saturated heterocycles. The third-order valence-electron chi connectivity index (χ3n) is 2.37. The van der Waals surface area contributed by atoms with Gasteiger partial charge in [0.15, 0.2) is 0 Å². The molecule has 1 aromatic heterocycles. The minimum atomic E-state index is -0.324. The van der Waals surface area contributed by atoms with Gasteiger partial charge in [0.05, 0.1) is 11.6 Å². The molecule has 4 heteroatoms. The Morgan fingerprint density at radius 1 is 1.39 bits per heavy atom. The van der Waals surface area contributed by atoms with Crippen molar-refractivity contribution in [2.24, 2.45) is 0 Å². The van der Waals surface area contributed by atoms with Gasteiger partial charge >= 0.3 is 5.97 Å². The van der Waals surface area contributed by atoms with Gasteiger partial charge < -0.3 is 4.74 Å². The summed E-state index contributed by atoms with van der Waals surface area (Å²) in [6, 6.07) is 12.7. The second-order valence-electron chi connectivity index (χ2n) is 3.80. The van der Waals surface area contributed by atoms with Crippen molar-refractivity contribution in [1.29, 1.82) is 5.26 Å². The first-order chi connectivity index (χ1) is 8.69. The lowest BCUT2D eigenvalue weighted by atomic mass is 10.1. The number of nitriles is 1. The average Bonchev–Trinajstić information content (AvgIpc) is 2.83. The van der Waals surface area contributed by atoms with Gasteiger partial charge in [0.25, 0.3) is 0 Å². The third-order valence-corrected chi connectivity index (χ3v) is 3.35. The molecule has 0 aliphatic heterocycles. The molecule has 0 bridgehead atoms. The Labute approximate surface area is 109 Å². The topological polar surface area (TPSA) is 50.1 Å². The highest BCUT2D eigenvalue weighted by Crippen LogP contribution is 2.17. The van der Waals surface area contributed by atoms with Crippen molar-refractivity contribution in [1.82, 2.24) is 0 Å². The summed E-state index contributed by atoms with van der Waals surface area (Å²) < 4.78 is 5.19. The van der Waals surface area contributed by atoms with Crippen LogP contribution in [0.3, 0.4) is 0 Å². The third kappa shape index (κ3) is 2.96. The van der Waals surface area contributed by atoms with Crippen molar-refractivity contribution in [2.45, 2.75) is 13.5 Å². The van der Waals surface area contributed by atoms with Gasteiger partial charge in [0, 0.05) is 4.88 Å². The van der Waals surface area contributed by atoms with Crippen molar-refractivity contribution in [3.63, 3.8) is 0 Å². The molecule has 1 heterocycles. The largest absolute Gasteiger partial charge is 0.457 e. The maximum absolute atomic E-state index is 11.7. The van der Waals surface area contributed by atoms with E-state index in [1.807, 2.05) is 19.1 Å². The number of carbonyl (C=O) groups excluding carboxylic acids is 1. The fourth-order valence-electron chi connectivity index (χ4n) is 1.49. The van der Waals surface area contributed by atoms with Crippen molar-refractivity contribution in [3.8, 4) is 6.07 Å². The van der Waals surface area contributed by atoms with Crippen LogP contribution in [0.5, 0.6) is 0 Å². The number of aryl methyl sites for hydroxylation is 1. The Morgan fingerprint density at radius 3 is 2.89 bits per heavy atom. The zero-order chi connectivity index (χ0) is 13.0. The monoisotopic (exact) mass is 257 g/mol. The summed E-state index contributed by atoms with van der Waals surface area (Å²) in [7, 11) is 0. The number of rotatable bonds is 3. The molecule has 0 N–H and O–H groups in total. The van der Waals surface area contributed by atoms with Gasteiger partial charge in [0.2, 0.25) is 0 Å². The summed E-state index contributed by atoms with van der Waals surface area (Å²) in [6.07, 6.45) is 0. The molecule has 0 aliphatic carbocycles. The lowest BCUT2D eigenvalue weighted by Crippen LogP contribution is -2.03. The molecule has 0 unspecified atom stereocenters. The first-order valence-electron chi connectivity index (χ1n) is 5.41. The van der Waals surface area contributed by atoms with E-state index in [1.54, 1.807) is 24.3 Å². The lowest BCUT2D eigenvalue weighted by molar-refractivity contribution is 0.0478. The average molecular weight is 257 g/mol. The predicted octanol–water partition coefficient (Wildman–Crippen LogP) is 3.29. The van der Waals surface area contributed by atoms with Gasteiger partial charge in [0.1, 0.15) is 11.5 Å². The molecule has 0 fully saturated rings. The zero-order valence-electron chi connectivity index (χ0n) is 9.84. The summed E-state index contributed by atoms with van der Waals surface area (Å²) in [5.74, 6) is -0.324. The molecule has 90 valence electrons. The van der Waals surface area contributed by atoms with Gasteiger partial charge in [-0.05, 0) is 36.8 Å². The van der Waals surface area contributed by atoms with Gasteiger partial charge in [-0.15, -0.1) is 11.3 Å². The molecule has 0 atom stereocenters. The van der Waals surface area contributed by atoms with Crippen LogP contribution in [0.25, 0.3) is 0 Å². The van der Waals surface area contributed by atoms with E-state index in [9.17, 15) is 4.79 Å². The summed E-state index contributed by atoms with van der Waals surface area (Å²) >= 11 is 1.41. The van der Waals surface area contributed by atoms with E-state index in [0.29, 0.717) is 10.4 Å². The summed E-state index contributed by atoms with van der Waals surface area (Å²) in [6.45, 7) is 2.13. The van der Waals surface area contributed by atoms with Crippen LogP contribution in [0.4, 0.5) is 0 Å². The smallest absolute Gasteiger partial charge is 0.348 e. The molecular weight excluding hydrogens is 246 g/mol. The molecule has 3 nitrogen and oxygen atoms in total. The minimum absolute atomic E-state index is 0.186. The molecule has 2 rings (SSSR count). The number of carbonyl (C=O) groups is 1. The van der Waals surface area contributed by atoms with Crippen LogP contribution in [0.15, 0.2) is 36.4 Å². The Bertz CT molecular complexity index is 610. The van der Waals surface area contributed by atoms with E-state index in [-0.39, 0.29) is 12.6 Å². The predicted molar refractivity (Wildman–Crippen MR) is 69.3 cm³/mol. The van der Waals surface area contributed by atoms with E-state index in [4.69, 9.17) is 10.00 Å². The quantitative estimate of drug-likeness (QED) is 0.793. The van der Waals surface area contributed by atoms with E-state index in [2.05, 4.69) is 6.07 Å². The molecule has 18 heavy (non-hydrogen) atoms. The minimum Gasteiger partial charge on any atom is -0.457 e. The van der Waals surface area contributed by atoms with Gasteiger partial charge in [-0.2, -0.15) is 5.26 Å². The van der Waals surface area contributed by atoms with Crippen molar-refractivity contribution < 1.29 is 9.53 Å². The number of benzene rings is 1. The van der Waals surface area contributed by atoms with Crippen LogP contribution in [0.1, 0.15) is 25.7 Å². The molecule has 0 saturated carbocycles. The second kappa shape index (κ2) is 5.48. The SMILES string of the molecule is Cc1ccc(C(=O)OCc2cccc(C#N)c2)s1. The summed E-state index contributed by atoms with van der Waals surface area (Å²) in [5.41, 5.74) is 1.38. The van der Waals surface area contributed by atoms with Crippen LogP contribution in [0.2, 0.25) is 0 Å². The van der Waals surface area contributed by atoms with Crippen LogP contribution < -0.4 is 0 Å². The second-order valence-corrected chi connectivity index (χ2v) is 5.09. The van der Waals surface area contributed by atoms with Crippen molar-refractivity contribution >= 4 is 17.3 Å². The number of thiophene rings is 1. The highest BCUT2D eigenvalue weighted by Gasteiger charge is 2.09. The maximum Gasteiger partial charge on any atom is 0.348 e. The first kappa shape index (κ1) is 12.3. The standard InChI is InChI=1S/C14H11NO2S/c1-10-5-6-13(18-10)14(16)17-9-12-4-2-3-11(7-12)8-15/h2-7H,9H2,1H3. The van der Waals surface area contributed by atoms with E-state index >= 15 is 0 Å².